The number of methoxy groups -OCH3 is 2. The van der Waals surface area contributed by atoms with Crippen LogP contribution in [0.25, 0.3) is 0 Å². The molecule has 1 heterocycles. The highest BCUT2D eigenvalue weighted by molar-refractivity contribution is 5.98. The summed E-state index contributed by atoms with van der Waals surface area (Å²) in [6.07, 6.45) is -0.544. The molecule has 3 rings (SSSR count). The number of carbonyl (C=O) groups is 1. The van der Waals surface area contributed by atoms with Crippen molar-refractivity contribution in [1.29, 1.82) is 0 Å². The Bertz CT molecular complexity index is 770. The third-order valence-corrected chi connectivity index (χ3v) is 3.97. The van der Waals surface area contributed by atoms with Gasteiger partial charge in [-0.3, -0.25) is 0 Å². The summed E-state index contributed by atoms with van der Waals surface area (Å²) in [5.41, 5.74) is 4.31. The van der Waals surface area contributed by atoms with E-state index in [0.717, 1.165) is 22.4 Å². The molecule has 0 fully saturated rings. The maximum absolute atomic E-state index is 12.3. The van der Waals surface area contributed by atoms with Gasteiger partial charge in [0.1, 0.15) is 5.56 Å². The standard InChI is InChI=1S/C18H19NO4/c1-10-5-6-11(2)13(9-10)19-17-12-7-8-14(21-3)16(22-4)15(12)18(20)23-17/h5-9,17,19H,1-4H3/t17-/m0/s1. The summed E-state index contributed by atoms with van der Waals surface area (Å²) in [5.74, 6) is 0.495. The van der Waals surface area contributed by atoms with Gasteiger partial charge in [-0.15, -0.1) is 0 Å². The zero-order valence-corrected chi connectivity index (χ0v) is 13.6. The molecule has 0 aliphatic carbocycles. The van der Waals surface area contributed by atoms with Crippen molar-refractivity contribution >= 4 is 11.7 Å². The molecule has 120 valence electrons. The summed E-state index contributed by atoms with van der Waals surface area (Å²) >= 11 is 0. The van der Waals surface area contributed by atoms with Gasteiger partial charge >= 0.3 is 5.97 Å². The van der Waals surface area contributed by atoms with E-state index in [-0.39, 0.29) is 0 Å². The fraction of sp³-hybridized carbons (Fsp3) is 0.278. The van der Waals surface area contributed by atoms with E-state index >= 15 is 0 Å². The highest BCUT2D eigenvalue weighted by Gasteiger charge is 2.36. The molecule has 1 aliphatic heterocycles. The van der Waals surface area contributed by atoms with Crippen LogP contribution in [0.15, 0.2) is 30.3 Å². The predicted octanol–water partition coefficient (Wildman–Crippen LogP) is 3.60. The number of anilines is 1. The largest absolute Gasteiger partial charge is 0.493 e. The van der Waals surface area contributed by atoms with E-state index < -0.39 is 12.2 Å². The maximum atomic E-state index is 12.3. The molecule has 2 aromatic rings. The fourth-order valence-corrected chi connectivity index (χ4v) is 2.74. The van der Waals surface area contributed by atoms with E-state index in [1.54, 1.807) is 6.07 Å². The van der Waals surface area contributed by atoms with Crippen LogP contribution in [0.2, 0.25) is 0 Å². The molecule has 0 radical (unpaired) electrons. The molecule has 0 saturated heterocycles. The van der Waals surface area contributed by atoms with Gasteiger partial charge in [-0.1, -0.05) is 12.1 Å². The third kappa shape index (κ3) is 2.59. The number of hydrogen-bond acceptors (Lipinski definition) is 5. The van der Waals surface area contributed by atoms with Crippen molar-refractivity contribution in [1.82, 2.24) is 0 Å². The number of fused-ring (bicyclic) bond motifs is 1. The third-order valence-electron chi connectivity index (χ3n) is 3.97. The molecule has 0 saturated carbocycles. The monoisotopic (exact) mass is 313 g/mol. The van der Waals surface area contributed by atoms with Gasteiger partial charge in [0.15, 0.2) is 11.5 Å². The summed E-state index contributed by atoms with van der Waals surface area (Å²) in [4.78, 5) is 12.3. The van der Waals surface area contributed by atoms with Gasteiger partial charge in [0.05, 0.1) is 14.2 Å². The Morgan fingerprint density at radius 3 is 2.57 bits per heavy atom. The molecule has 0 unspecified atom stereocenters. The van der Waals surface area contributed by atoms with Crippen LogP contribution in [-0.4, -0.2) is 20.2 Å². The zero-order valence-electron chi connectivity index (χ0n) is 13.6. The van der Waals surface area contributed by atoms with Crippen LogP contribution in [0.3, 0.4) is 0 Å². The second-order valence-corrected chi connectivity index (χ2v) is 5.51. The number of carbonyl (C=O) groups excluding carboxylic acids is 1. The molecule has 1 aliphatic rings. The average molecular weight is 313 g/mol. The van der Waals surface area contributed by atoms with E-state index in [4.69, 9.17) is 14.2 Å². The van der Waals surface area contributed by atoms with Crippen molar-refractivity contribution in [3.8, 4) is 11.5 Å². The SMILES string of the molecule is COc1ccc2c(c1OC)C(=O)O[C@@H]2Nc1cc(C)ccc1C. The van der Waals surface area contributed by atoms with Crippen LogP contribution in [-0.2, 0) is 4.74 Å². The lowest BCUT2D eigenvalue weighted by Gasteiger charge is -2.17. The number of nitrogens with one attached hydrogen (secondary N) is 1. The number of cyclic esters (lactones) is 1. The van der Waals surface area contributed by atoms with Crippen molar-refractivity contribution in [2.45, 2.75) is 20.1 Å². The van der Waals surface area contributed by atoms with Crippen LogP contribution in [0.4, 0.5) is 5.69 Å². The second-order valence-electron chi connectivity index (χ2n) is 5.51. The van der Waals surface area contributed by atoms with Gasteiger partial charge in [-0.05, 0) is 43.2 Å². The molecule has 23 heavy (non-hydrogen) atoms. The first-order valence-electron chi connectivity index (χ1n) is 7.34. The highest BCUT2D eigenvalue weighted by atomic mass is 16.6. The highest BCUT2D eigenvalue weighted by Crippen LogP contribution is 2.42. The van der Waals surface area contributed by atoms with Gasteiger partial charge in [0.25, 0.3) is 0 Å². The lowest BCUT2D eigenvalue weighted by molar-refractivity contribution is 0.0435. The fourth-order valence-electron chi connectivity index (χ4n) is 2.74. The van der Waals surface area contributed by atoms with Crippen molar-refractivity contribution < 1.29 is 19.0 Å². The summed E-state index contributed by atoms with van der Waals surface area (Å²) in [7, 11) is 3.05. The van der Waals surface area contributed by atoms with Crippen molar-refractivity contribution in [3.63, 3.8) is 0 Å². The molecule has 5 nitrogen and oxygen atoms in total. The smallest absolute Gasteiger partial charge is 0.344 e. The van der Waals surface area contributed by atoms with Crippen LogP contribution < -0.4 is 14.8 Å². The molecule has 0 amide bonds. The van der Waals surface area contributed by atoms with Crippen molar-refractivity contribution in [2.75, 3.05) is 19.5 Å². The zero-order chi connectivity index (χ0) is 16.6. The predicted molar refractivity (Wildman–Crippen MR) is 87.2 cm³/mol. The number of esters is 1. The molecule has 0 bridgehead atoms. The van der Waals surface area contributed by atoms with Crippen LogP contribution in [0.1, 0.15) is 33.3 Å². The van der Waals surface area contributed by atoms with E-state index in [0.29, 0.717) is 17.1 Å². The Morgan fingerprint density at radius 1 is 1.09 bits per heavy atom. The Hall–Kier alpha value is -2.69. The number of hydrogen-bond donors (Lipinski definition) is 1. The topological polar surface area (TPSA) is 56.8 Å². The first-order valence-corrected chi connectivity index (χ1v) is 7.34. The van der Waals surface area contributed by atoms with Crippen LogP contribution in [0, 0.1) is 13.8 Å². The molecule has 0 spiro atoms. The van der Waals surface area contributed by atoms with Crippen LogP contribution >= 0.6 is 0 Å². The Labute approximate surface area is 135 Å². The van der Waals surface area contributed by atoms with E-state index in [9.17, 15) is 4.79 Å². The van der Waals surface area contributed by atoms with Crippen molar-refractivity contribution in [2.24, 2.45) is 0 Å². The second kappa shape index (κ2) is 5.83. The molecule has 1 atom stereocenters. The molecule has 5 heteroatoms. The first-order chi connectivity index (χ1) is 11.0. The van der Waals surface area contributed by atoms with Crippen molar-refractivity contribution in [3.05, 3.63) is 52.6 Å². The Balaban J connectivity index is 2.00. The van der Waals surface area contributed by atoms with E-state index in [2.05, 4.69) is 5.32 Å². The van der Waals surface area contributed by atoms with Gasteiger partial charge in [0.2, 0.25) is 6.23 Å². The maximum Gasteiger partial charge on any atom is 0.344 e. The number of ether oxygens (including phenoxy) is 3. The number of benzene rings is 2. The molecule has 1 N–H and O–H groups in total. The van der Waals surface area contributed by atoms with Crippen LogP contribution in [0.5, 0.6) is 11.5 Å². The van der Waals surface area contributed by atoms with Gasteiger partial charge in [-0.25, -0.2) is 4.79 Å². The minimum absolute atomic E-state index is 0.403. The quantitative estimate of drug-likeness (QED) is 0.874. The minimum Gasteiger partial charge on any atom is -0.493 e. The molecular weight excluding hydrogens is 294 g/mol. The summed E-state index contributed by atoms with van der Waals surface area (Å²) in [6.45, 7) is 4.03. The van der Waals surface area contributed by atoms with E-state index in [1.165, 1.54) is 14.2 Å². The average Bonchev–Trinajstić information content (AvgIpc) is 2.86. The van der Waals surface area contributed by atoms with Gasteiger partial charge in [-0.2, -0.15) is 0 Å². The molecular formula is C18H19NO4. The Kier molecular flexibility index (Phi) is 3.86. The number of aryl methyl sites for hydroxylation is 2. The number of rotatable bonds is 4. The first kappa shape index (κ1) is 15.2. The molecule has 0 aromatic heterocycles. The van der Waals surface area contributed by atoms with E-state index in [1.807, 2.05) is 38.1 Å². The summed E-state index contributed by atoms with van der Waals surface area (Å²) < 4.78 is 16.1. The van der Waals surface area contributed by atoms with Gasteiger partial charge < -0.3 is 19.5 Å². The lowest BCUT2D eigenvalue weighted by atomic mass is 10.1. The molecule has 2 aromatic carbocycles. The Morgan fingerprint density at radius 2 is 1.87 bits per heavy atom. The minimum atomic E-state index is -0.544. The van der Waals surface area contributed by atoms with Gasteiger partial charge in [0, 0.05) is 11.3 Å². The summed E-state index contributed by atoms with van der Waals surface area (Å²) in [5, 5.41) is 3.29. The lowest BCUT2D eigenvalue weighted by Crippen LogP contribution is -2.11. The normalized spacial score (nSPS) is 15.8. The summed E-state index contributed by atoms with van der Waals surface area (Å²) in [6, 6.07) is 9.71.